The van der Waals surface area contributed by atoms with Crippen molar-refractivity contribution in [3.63, 3.8) is 0 Å². The van der Waals surface area contributed by atoms with Crippen LogP contribution in [0.4, 0.5) is 0 Å². The van der Waals surface area contributed by atoms with Gasteiger partial charge in [0, 0.05) is 15.9 Å². The maximum atomic E-state index is 5.80. The quantitative estimate of drug-likeness (QED) is 0.558. The van der Waals surface area contributed by atoms with Crippen LogP contribution in [0.15, 0.2) is 18.2 Å². The Morgan fingerprint density at radius 1 is 1.00 bits per heavy atom. The van der Waals surface area contributed by atoms with Gasteiger partial charge in [-0.25, -0.2) is 0 Å². The lowest BCUT2D eigenvalue weighted by molar-refractivity contribution is 0.310. The van der Waals surface area contributed by atoms with Gasteiger partial charge in [-0.3, -0.25) is 0 Å². The monoisotopic (exact) mass is 252 g/mol. The van der Waals surface area contributed by atoms with Crippen LogP contribution in [-0.4, -0.2) is 12.5 Å². The fourth-order valence-electron chi connectivity index (χ4n) is 0.998. The summed E-state index contributed by atoms with van der Waals surface area (Å²) in [6, 6.07) is 5.16. The van der Waals surface area contributed by atoms with Crippen molar-refractivity contribution in [2.24, 2.45) is 0 Å². The number of alkyl halides is 1. The maximum absolute atomic E-state index is 5.80. The molecule has 0 heterocycles. The molecule has 0 N–H and O–H groups in total. The third-order valence-electron chi connectivity index (χ3n) is 1.63. The lowest BCUT2D eigenvalue weighted by Gasteiger charge is -2.06. The van der Waals surface area contributed by atoms with E-state index in [9.17, 15) is 0 Å². The number of hydrogen-bond acceptors (Lipinski definition) is 1. The molecule has 0 radical (unpaired) electrons. The first-order chi connectivity index (χ1) is 6.72. The molecular weight excluding hydrogens is 242 g/mol. The van der Waals surface area contributed by atoms with E-state index < -0.39 is 0 Å². The molecule has 0 aliphatic rings. The summed E-state index contributed by atoms with van der Waals surface area (Å²) in [6.45, 7) is 0.642. The highest BCUT2D eigenvalue weighted by Gasteiger charge is 1.98. The molecule has 0 aromatic heterocycles. The van der Waals surface area contributed by atoms with E-state index in [4.69, 9.17) is 39.5 Å². The molecule has 1 aromatic carbocycles. The van der Waals surface area contributed by atoms with Crippen LogP contribution in [0.25, 0.3) is 0 Å². The SMILES string of the molecule is ClCCCCOc1cc(Cl)cc(Cl)c1. The molecule has 4 heteroatoms. The molecular formula is C10H11Cl3O. The van der Waals surface area contributed by atoms with Crippen molar-refractivity contribution >= 4 is 34.8 Å². The third-order valence-corrected chi connectivity index (χ3v) is 2.34. The van der Waals surface area contributed by atoms with Gasteiger partial charge in [-0.05, 0) is 31.0 Å². The Labute approximate surface area is 98.9 Å². The van der Waals surface area contributed by atoms with Crippen LogP contribution in [0, 0.1) is 0 Å². The lowest BCUT2D eigenvalue weighted by Crippen LogP contribution is -1.97. The Hall–Kier alpha value is -0.110. The van der Waals surface area contributed by atoms with Crippen LogP contribution in [0.3, 0.4) is 0 Å². The molecule has 0 aliphatic heterocycles. The van der Waals surface area contributed by atoms with Gasteiger partial charge >= 0.3 is 0 Å². The molecule has 0 bridgehead atoms. The molecule has 0 spiro atoms. The van der Waals surface area contributed by atoms with Gasteiger partial charge in [-0.15, -0.1) is 11.6 Å². The Kier molecular flexibility index (Phi) is 5.46. The minimum Gasteiger partial charge on any atom is -0.493 e. The van der Waals surface area contributed by atoms with E-state index in [-0.39, 0.29) is 0 Å². The fraction of sp³-hybridized carbons (Fsp3) is 0.400. The van der Waals surface area contributed by atoms with Gasteiger partial charge in [0.15, 0.2) is 0 Å². The molecule has 0 aliphatic carbocycles. The van der Waals surface area contributed by atoms with Gasteiger partial charge in [0.1, 0.15) is 5.75 Å². The smallest absolute Gasteiger partial charge is 0.122 e. The third kappa shape index (κ3) is 4.41. The van der Waals surface area contributed by atoms with E-state index in [1.165, 1.54) is 0 Å². The summed E-state index contributed by atoms with van der Waals surface area (Å²) >= 11 is 17.1. The lowest BCUT2D eigenvalue weighted by atomic mass is 10.3. The highest BCUT2D eigenvalue weighted by Crippen LogP contribution is 2.24. The summed E-state index contributed by atoms with van der Waals surface area (Å²) in [5.41, 5.74) is 0. The van der Waals surface area contributed by atoms with Crippen LogP contribution in [0.5, 0.6) is 5.75 Å². The van der Waals surface area contributed by atoms with E-state index in [0.29, 0.717) is 28.3 Å². The topological polar surface area (TPSA) is 9.23 Å². The van der Waals surface area contributed by atoms with Gasteiger partial charge in [-0.1, -0.05) is 23.2 Å². The molecule has 1 rings (SSSR count). The second kappa shape index (κ2) is 6.39. The minimum absolute atomic E-state index is 0.588. The van der Waals surface area contributed by atoms with Crippen molar-refractivity contribution < 1.29 is 4.74 Å². The van der Waals surface area contributed by atoms with Crippen LogP contribution >= 0.6 is 34.8 Å². The largest absolute Gasteiger partial charge is 0.493 e. The van der Waals surface area contributed by atoms with Crippen LogP contribution < -0.4 is 4.74 Å². The standard InChI is InChI=1S/C10H11Cl3O/c11-3-1-2-4-14-10-6-8(12)5-9(13)7-10/h5-7H,1-4H2. The zero-order valence-corrected chi connectivity index (χ0v) is 9.87. The zero-order chi connectivity index (χ0) is 10.4. The van der Waals surface area contributed by atoms with E-state index >= 15 is 0 Å². The first-order valence-corrected chi connectivity index (χ1v) is 5.66. The predicted molar refractivity (Wildman–Crippen MR) is 61.9 cm³/mol. The highest BCUT2D eigenvalue weighted by atomic mass is 35.5. The molecule has 78 valence electrons. The molecule has 1 nitrogen and oxygen atoms in total. The molecule has 0 fully saturated rings. The predicted octanol–water partition coefficient (Wildman–Crippen LogP) is 4.39. The molecule has 0 saturated heterocycles. The molecule has 0 amide bonds. The molecule has 0 unspecified atom stereocenters. The number of rotatable bonds is 5. The average Bonchev–Trinajstić information content (AvgIpc) is 2.11. The summed E-state index contributed by atoms with van der Waals surface area (Å²) < 4.78 is 5.44. The molecule has 0 saturated carbocycles. The van der Waals surface area contributed by atoms with E-state index in [1.54, 1.807) is 18.2 Å². The van der Waals surface area contributed by atoms with Crippen molar-refractivity contribution in [1.82, 2.24) is 0 Å². The maximum Gasteiger partial charge on any atom is 0.122 e. The normalized spacial score (nSPS) is 10.2. The summed E-state index contributed by atoms with van der Waals surface area (Å²) in [5.74, 6) is 1.37. The summed E-state index contributed by atoms with van der Waals surface area (Å²) in [7, 11) is 0. The highest BCUT2D eigenvalue weighted by molar-refractivity contribution is 6.34. The fourth-order valence-corrected chi connectivity index (χ4v) is 1.69. The molecule has 14 heavy (non-hydrogen) atoms. The second-order valence-corrected chi connectivity index (χ2v) is 4.10. The number of unbranched alkanes of at least 4 members (excludes halogenated alkanes) is 1. The first-order valence-electron chi connectivity index (χ1n) is 4.37. The van der Waals surface area contributed by atoms with Gasteiger partial charge in [0.2, 0.25) is 0 Å². The van der Waals surface area contributed by atoms with Crippen molar-refractivity contribution in [2.75, 3.05) is 12.5 Å². The zero-order valence-electron chi connectivity index (χ0n) is 7.60. The number of hydrogen-bond donors (Lipinski definition) is 0. The van der Waals surface area contributed by atoms with E-state index in [0.717, 1.165) is 12.8 Å². The van der Waals surface area contributed by atoms with Crippen molar-refractivity contribution in [1.29, 1.82) is 0 Å². The minimum atomic E-state index is 0.588. The van der Waals surface area contributed by atoms with Crippen LogP contribution in [0.1, 0.15) is 12.8 Å². The van der Waals surface area contributed by atoms with E-state index in [2.05, 4.69) is 0 Å². The van der Waals surface area contributed by atoms with Crippen molar-refractivity contribution in [3.05, 3.63) is 28.2 Å². The molecule has 1 aromatic rings. The summed E-state index contributed by atoms with van der Waals surface area (Å²) in [5, 5.41) is 1.18. The Morgan fingerprint density at radius 2 is 1.64 bits per heavy atom. The Balaban J connectivity index is 2.42. The Morgan fingerprint density at radius 3 is 2.21 bits per heavy atom. The molecule has 0 atom stereocenters. The first kappa shape index (κ1) is 12.0. The van der Waals surface area contributed by atoms with Crippen molar-refractivity contribution in [2.45, 2.75) is 12.8 Å². The summed E-state index contributed by atoms with van der Waals surface area (Å²) in [4.78, 5) is 0. The van der Waals surface area contributed by atoms with Gasteiger partial charge < -0.3 is 4.74 Å². The van der Waals surface area contributed by atoms with Crippen LogP contribution in [-0.2, 0) is 0 Å². The van der Waals surface area contributed by atoms with Gasteiger partial charge in [0.25, 0.3) is 0 Å². The number of halogens is 3. The number of ether oxygens (including phenoxy) is 1. The Bertz CT molecular complexity index is 268. The van der Waals surface area contributed by atoms with Gasteiger partial charge in [-0.2, -0.15) is 0 Å². The van der Waals surface area contributed by atoms with Crippen LogP contribution in [0.2, 0.25) is 10.0 Å². The average molecular weight is 254 g/mol. The van der Waals surface area contributed by atoms with Gasteiger partial charge in [0.05, 0.1) is 6.61 Å². The van der Waals surface area contributed by atoms with Crippen molar-refractivity contribution in [3.8, 4) is 5.75 Å². The second-order valence-electron chi connectivity index (χ2n) is 2.85. The number of benzene rings is 1. The van der Waals surface area contributed by atoms with E-state index in [1.807, 2.05) is 0 Å². The summed E-state index contributed by atoms with van der Waals surface area (Å²) in [6.07, 6.45) is 1.89.